The van der Waals surface area contributed by atoms with E-state index in [4.69, 9.17) is 0 Å². The molecule has 104 valence electrons. The molecule has 19 heavy (non-hydrogen) atoms. The molecule has 2 rings (SSSR count). The lowest BCUT2D eigenvalue weighted by atomic mass is 9.81. The average molecular weight is 261 g/mol. The SMILES string of the molecule is CC1CCCC(CCNC(=O)c2cccc(O)c2)C1. The van der Waals surface area contributed by atoms with Crippen LogP contribution in [0.3, 0.4) is 0 Å². The number of nitrogens with one attached hydrogen (secondary N) is 1. The number of rotatable bonds is 4. The van der Waals surface area contributed by atoms with Crippen molar-refractivity contribution in [3.63, 3.8) is 0 Å². The van der Waals surface area contributed by atoms with Crippen LogP contribution < -0.4 is 5.32 Å². The summed E-state index contributed by atoms with van der Waals surface area (Å²) in [5.74, 6) is 1.63. The molecule has 1 fully saturated rings. The Balaban J connectivity index is 1.75. The maximum atomic E-state index is 11.9. The third kappa shape index (κ3) is 4.27. The van der Waals surface area contributed by atoms with E-state index in [2.05, 4.69) is 12.2 Å². The van der Waals surface area contributed by atoms with Gasteiger partial charge in [0.1, 0.15) is 5.75 Å². The first-order chi connectivity index (χ1) is 9.15. The van der Waals surface area contributed by atoms with Crippen molar-refractivity contribution in [3.8, 4) is 5.75 Å². The number of phenolic OH excluding ortho intramolecular Hbond substituents is 1. The van der Waals surface area contributed by atoms with E-state index < -0.39 is 0 Å². The summed E-state index contributed by atoms with van der Waals surface area (Å²) in [5.41, 5.74) is 0.525. The molecule has 3 nitrogen and oxygen atoms in total. The molecule has 1 saturated carbocycles. The Morgan fingerprint density at radius 3 is 3.00 bits per heavy atom. The van der Waals surface area contributed by atoms with Crippen LogP contribution in [0.4, 0.5) is 0 Å². The van der Waals surface area contributed by atoms with Gasteiger partial charge in [0, 0.05) is 12.1 Å². The van der Waals surface area contributed by atoms with E-state index in [1.54, 1.807) is 18.2 Å². The number of aromatic hydroxyl groups is 1. The highest BCUT2D eigenvalue weighted by Crippen LogP contribution is 2.30. The normalized spacial score (nSPS) is 23.0. The van der Waals surface area contributed by atoms with E-state index in [0.717, 1.165) is 24.8 Å². The highest BCUT2D eigenvalue weighted by atomic mass is 16.3. The Bertz CT molecular complexity index is 431. The Hall–Kier alpha value is -1.51. The number of carbonyl (C=O) groups is 1. The number of hydrogen-bond acceptors (Lipinski definition) is 2. The van der Waals surface area contributed by atoms with Gasteiger partial charge in [-0.1, -0.05) is 32.3 Å². The molecule has 2 N–H and O–H groups in total. The van der Waals surface area contributed by atoms with Gasteiger partial charge in [-0.25, -0.2) is 0 Å². The van der Waals surface area contributed by atoms with Crippen molar-refractivity contribution < 1.29 is 9.90 Å². The van der Waals surface area contributed by atoms with Gasteiger partial charge >= 0.3 is 0 Å². The lowest BCUT2D eigenvalue weighted by Gasteiger charge is -2.26. The summed E-state index contributed by atoms with van der Waals surface area (Å²) in [5, 5.41) is 12.3. The van der Waals surface area contributed by atoms with Crippen LogP contribution in [0.2, 0.25) is 0 Å². The second kappa shape index (κ2) is 6.60. The molecule has 0 saturated heterocycles. The van der Waals surface area contributed by atoms with Crippen LogP contribution in [0, 0.1) is 11.8 Å². The maximum absolute atomic E-state index is 11.9. The van der Waals surface area contributed by atoms with Crippen molar-refractivity contribution in [2.24, 2.45) is 11.8 Å². The van der Waals surface area contributed by atoms with Crippen molar-refractivity contribution in [1.29, 1.82) is 0 Å². The van der Waals surface area contributed by atoms with Gasteiger partial charge in [0.25, 0.3) is 5.91 Å². The van der Waals surface area contributed by atoms with Gasteiger partial charge in [-0.3, -0.25) is 4.79 Å². The molecule has 0 bridgehead atoms. The summed E-state index contributed by atoms with van der Waals surface area (Å²) >= 11 is 0. The largest absolute Gasteiger partial charge is 0.508 e. The van der Waals surface area contributed by atoms with Gasteiger partial charge in [0.15, 0.2) is 0 Å². The van der Waals surface area contributed by atoms with Crippen molar-refractivity contribution in [3.05, 3.63) is 29.8 Å². The first-order valence-electron chi connectivity index (χ1n) is 7.22. The van der Waals surface area contributed by atoms with Crippen LogP contribution in [0.5, 0.6) is 5.75 Å². The lowest BCUT2D eigenvalue weighted by Crippen LogP contribution is -2.27. The summed E-state index contributed by atoms with van der Waals surface area (Å²) in [7, 11) is 0. The van der Waals surface area contributed by atoms with Crippen LogP contribution in [-0.4, -0.2) is 17.6 Å². The zero-order valence-corrected chi connectivity index (χ0v) is 11.6. The van der Waals surface area contributed by atoms with Crippen molar-refractivity contribution in [2.75, 3.05) is 6.54 Å². The number of amides is 1. The number of phenols is 1. The molecule has 1 amide bonds. The molecule has 0 aliphatic heterocycles. The Labute approximate surface area is 115 Å². The number of benzene rings is 1. The van der Waals surface area contributed by atoms with E-state index in [0.29, 0.717) is 5.56 Å². The average Bonchev–Trinajstić information content (AvgIpc) is 2.38. The standard InChI is InChI=1S/C16H23NO2/c1-12-4-2-5-13(10-12)8-9-17-16(19)14-6-3-7-15(18)11-14/h3,6-7,11-13,18H,2,4-5,8-10H2,1H3,(H,17,19). The summed E-state index contributed by atoms with van der Waals surface area (Å²) < 4.78 is 0. The molecule has 2 unspecified atom stereocenters. The van der Waals surface area contributed by atoms with Gasteiger partial charge in [0.05, 0.1) is 0 Å². The topological polar surface area (TPSA) is 49.3 Å². The van der Waals surface area contributed by atoms with E-state index in [1.165, 1.54) is 31.7 Å². The van der Waals surface area contributed by atoms with E-state index in [9.17, 15) is 9.90 Å². The Morgan fingerprint density at radius 1 is 1.42 bits per heavy atom. The van der Waals surface area contributed by atoms with Crippen molar-refractivity contribution >= 4 is 5.91 Å². The van der Waals surface area contributed by atoms with E-state index in [-0.39, 0.29) is 11.7 Å². The second-order valence-electron chi connectivity index (χ2n) is 5.73. The smallest absolute Gasteiger partial charge is 0.251 e. The van der Waals surface area contributed by atoms with Gasteiger partial charge in [0.2, 0.25) is 0 Å². The zero-order chi connectivity index (χ0) is 13.7. The molecule has 1 aromatic carbocycles. The molecular weight excluding hydrogens is 238 g/mol. The molecule has 1 aliphatic rings. The minimum absolute atomic E-state index is 0.0974. The van der Waals surface area contributed by atoms with Gasteiger partial charge in [-0.2, -0.15) is 0 Å². The number of hydrogen-bond donors (Lipinski definition) is 2. The van der Waals surface area contributed by atoms with Crippen molar-refractivity contribution in [2.45, 2.75) is 39.0 Å². The zero-order valence-electron chi connectivity index (χ0n) is 11.6. The molecule has 0 radical (unpaired) electrons. The highest BCUT2D eigenvalue weighted by Gasteiger charge is 2.18. The molecule has 3 heteroatoms. The van der Waals surface area contributed by atoms with Gasteiger partial charge < -0.3 is 10.4 Å². The molecule has 0 spiro atoms. The summed E-state index contributed by atoms with van der Waals surface area (Å²) in [6, 6.07) is 6.48. The third-order valence-electron chi connectivity index (χ3n) is 3.99. The summed E-state index contributed by atoms with van der Waals surface area (Å²) in [6.45, 7) is 3.05. The molecule has 0 aromatic heterocycles. The molecule has 1 aliphatic carbocycles. The Morgan fingerprint density at radius 2 is 2.26 bits per heavy atom. The Kier molecular flexibility index (Phi) is 4.83. The van der Waals surface area contributed by atoms with Crippen LogP contribution in [0.15, 0.2) is 24.3 Å². The lowest BCUT2D eigenvalue weighted by molar-refractivity contribution is 0.0949. The first-order valence-corrected chi connectivity index (χ1v) is 7.22. The van der Waals surface area contributed by atoms with E-state index in [1.807, 2.05) is 0 Å². The third-order valence-corrected chi connectivity index (χ3v) is 3.99. The quantitative estimate of drug-likeness (QED) is 0.873. The predicted octanol–water partition coefficient (Wildman–Crippen LogP) is 3.34. The monoisotopic (exact) mass is 261 g/mol. The number of carbonyl (C=O) groups excluding carboxylic acids is 1. The first kappa shape index (κ1) is 13.9. The molecule has 2 atom stereocenters. The van der Waals surface area contributed by atoms with Crippen LogP contribution in [-0.2, 0) is 0 Å². The molecular formula is C16H23NO2. The molecule has 0 heterocycles. The minimum atomic E-state index is -0.0974. The van der Waals surface area contributed by atoms with Gasteiger partial charge in [-0.05, 0) is 42.9 Å². The highest BCUT2D eigenvalue weighted by molar-refractivity contribution is 5.94. The van der Waals surface area contributed by atoms with E-state index >= 15 is 0 Å². The van der Waals surface area contributed by atoms with Crippen LogP contribution in [0.1, 0.15) is 49.4 Å². The van der Waals surface area contributed by atoms with Gasteiger partial charge in [-0.15, -0.1) is 0 Å². The predicted molar refractivity (Wildman–Crippen MR) is 76.2 cm³/mol. The maximum Gasteiger partial charge on any atom is 0.251 e. The van der Waals surface area contributed by atoms with Crippen molar-refractivity contribution in [1.82, 2.24) is 5.32 Å². The fourth-order valence-electron chi connectivity index (χ4n) is 2.96. The summed E-state index contributed by atoms with van der Waals surface area (Å²) in [4.78, 5) is 11.9. The summed E-state index contributed by atoms with van der Waals surface area (Å²) in [6.07, 6.45) is 6.34. The van der Waals surface area contributed by atoms with Crippen LogP contribution >= 0.6 is 0 Å². The fourth-order valence-corrected chi connectivity index (χ4v) is 2.96. The second-order valence-corrected chi connectivity index (χ2v) is 5.73. The fraction of sp³-hybridized carbons (Fsp3) is 0.562. The molecule has 1 aromatic rings. The minimum Gasteiger partial charge on any atom is -0.508 e. The van der Waals surface area contributed by atoms with Crippen LogP contribution in [0.25, 0.3) is 0 Å².